The van der Waals surface area contributed by atoms with Gasteiger partial charge in [0.1, 0.15) is 0 Å². The SMILES string of the molecule is CO[C@@H](C)c1cccc(NC(=O)N2CC=C(c3cccs3)CC2)c1. The first-order chi connectivity index (χ1) is 11.7. The third-order valence-electron chi connectivity index (χ3n) is 4.29. The van der Waals surface area contributed by atoms with Gasteiger partial charge in [-0.1, -0.05) is 24.3 Å². The van der Waals surface area contributed by atoms with Gasteiger partial charge >= 0.3 is 6.03 Å². The number of hydrogen-bond acceptors (Lipinski definition) is 3. The van der Waals surface area contributed by atoms with E-state index in [1.807, 2.05) is 36.1 Å². The van der Waals surface area contributed by atoms with Crippen LogP contribution in [0.2, 0.25) is 0 Å². The van der Waals surface area contributed by atoms with Crippen LogP contribution in [0.15, 0.2) is 47.9 Å². The fraction of sp³-hybridized carbons (Fsp3) is 0.316. The second-order valence-corrected chi connectivity index (χ2v) is 6.78. The van der Waals surface area contributed by atoms with Gasteiger partial charge in [0.2, 0.25) is 0 Å². The Kier molecular flexibility index (Phi) is 5.33. The lowest BCUT2D eigenvalue weighted by atomic mass is 10.1. The number of urea groups is 1. The molecular weight excluding hydrogens is 320 g/mol. The van der Waals surface area contributed by atoms with Crippen LogP contribution < -0.4 is 5.32 Å². The van der Waals surface area contributed by atoms with Gasteiger partial charge in [0.15, 0.2) is 0 Å². The first kappa shape index (κ1) is 16.7. The zero-order valence-electron chi connectivity index (χ0n) is 14.0. The van der Waals surface area contributed by atoms with E-state index in [1.165, 1.54) is 10.5 Å². The standard InChI is InChI=1S/C19H22N2O2S/c1-14(23-2)16-5-3-6-17(13-16)20-19(22)21-10-8-15(9-11-21)18-7-4-12-24-18/h3-8,12-14H,9-11H2,1-2H3,(H,20,22)/t14-/m0/s1. The summed E-state index contributed by atoms with van der Waals surface area (Å²) in [7, 11) is 1.68. The molecule has 0 fully saturated rings. The van der Waals surface area contributed by atoms with E-state index >= 15 is 0 Å². The Hall–Kier alpha value is -2.11. The van der Waals surface area contributed by atoms with Crippen molar-refractivity contribution in [2.45, 2.75) is 19.4 Å². The number of ether oxygens (including phenoxy) is 1. The number of thiophene rings is 1. The maximum atomic E-state index is 12.5. The Morgan fingerprint density at radius 1 is 1.33 bits per heavy atom. The van der Waals surface area contributed by atoms with E-state index in [1.54, 1.807) is 18.4 Å². The Balaban J connectivity index is 1.62. The van der Waals surface area contributed by atoms with Crippen LogP contribution in [0.5, 0.6) is 0 Å². The van der Waals surface area contributed by atoms with Crippen molar-refractivity contribution < 1.29 is 9.53 Å². The normalized spacial score (nSPS) is 15.8. The molecule has 5 heteroatoms. The van der Waals surface area contributed by atoms with Crippen molar-refractivity contribution in [2.24, 2.45) is 0 Å². The van der Waals surface area contributed by atoms with E-state index in [0.717, 1.165) is 24.2 Å². The molecule has 0 saturated carbocycles. The van der Waals surface area contributed by atoms with Gasteiger partial charge < -0.3 is 15.0 Å². The van der Waals surface area contributed by atoms with Crippen molar-refractivity contribution in [3.8, 4) is 0 Å². The topological polar surface area (TPSA) is 41.6 Å². The maximum Gasteiger partial charge on any atom is 0.322 e. The molecule has 1 aromatic carbocycles. The minimum Gasteiger partial charge on any atom is -0.377 e. The summed E-state index contributed by atoms with van der Waals surface area (Å²) in [6, 6.07) is 11.9. The first-order valence-electron chi connectivity index (χ1n) is 8.09. The Morgan fingerprint density at radius 2 is 2.21 bits per heavy atom. The van der Waals surface area contributed by atoms with Crippen LogP contribution >= 0.6 is 11.3 Å². The quantitative estimate of drug-likeness (QED) is 0.869. The van der Waals surface area contributed by atoms with Crippen LogP contribution in [-0.2, 0) is 4.74 Å². The van der Waals surface area contributed by atoms with Gasteiger partial charge in [-0.2, -0.15) is 0 Å². The lowest BCUT2D eigenvalue weighted by Crippen LogP contribution is -2.37. The molecule has 0 radical (unpaired) electrons. The summed E-state index contributed by atoms with van der Waals surface area (Å²) < 4.78 is 5.33. The number of carbonyl (C=O) groups excluding carboxylic acids is 1. The highest BCUT2D eigenvalue weighted by Gasteiger charge is 2.18. The van der Waals surface area contributed by atoms with Crippen LogP contribution in [0.3, 0.4) is 0 Å². The predicted molar refractivity (Wildman–Crippen MR) is 99.4 cm³/mol. The molecular formula is C19H22N2O2S. The summed E-state index contributed by atoms with van der Waals surface area (Å²) >= 11 is 1.75. The van der Waals surface area contributed by atoms with Crippen LogP contribution in [0.4, 0.5) is 10.5 Å². The molecule has 3 rings (SSSR count). The molecule has 1 aliphatic heterocycles. The van der Waals surface area contributed by atoms with E-state index < -0.39 is 0 Å². The van der Waals surface area contributed by atoms with Crippen LogP contribution in [0, 0.1) is 0 Å². The number of anilines is 1. The van der Waals surface area contributed by atoms with E-state index in [2.05, 4.69) is 28.9 Å². The lowest BCUT2D eigenvalue weighted by molar-refractivity contribution is 0.119. The average molecular weight is 342 g/mol. The highest BCUT2D eigenvalue weighted by molar-refractivity contribution is 7.11. The molecule has 2 heterocycles. The summed E-state index contributed by atoms with van der Waals surface area (Å²) in [6.07, 6.45) is 3.06. The molecule has 0 aliphatic carbocycles. The van der Waals surface area contributed by atoms with E-state index in [-0.39, 0.29) is 12.1 Å². The van der Waals surface area contributed by atoms with Crippen molar-refractivity contribution in [1.29, 1.82) is 0 Å². The largest absolute Gasteiger partial charge is 0.377 e. The predicted octanol–water partition coefficient (Wildman–Crippen LogP) is 4.78. The molecule has 0 spiro atoms. The minimum atomic E-state index is -0.0568. The zero-order chi connectivity index (χ0) is 16.9. The third kappa shape index (κ3) is 3.86. The van der Waals surface area contributed by atoms with Gasteiger partial charge in [0, 0.05) is 30.8 Å². The van der Waals surface area contributed by atoms with Crippen molar-refractivity contribution in [2.75, 3.05) is 25.5 Å². The summed E-state index contributed by atoms with van der Waals surface area (Å²) in [4.78, 5) is 15.6. The van der Waals surface area contributed by atoms with E-state index in [0.29, 0.717) is 6.54 Å². The summed E-state index contributed by atoms with van der Waals surface area (Å²) in [5, 5.41) is 5.07. The van der Waals surface area contributed by atoms with Gasteiger partial charge in [-0.15, -0.1) is 11.3 Å². The van der Waals surface area contributed by atoms with Gasteiger partial charge in [-0.3, -0.25) is 0 Å². The molecule has 1 aliphatic rings. The summed E-state index contributed by atoms with van der Waals surface area (Å²) in [5.74, 6) is 0. The monoisotopic (exact) mass is 342 g/mol. The molecule has 1 atom stereocenters. The minimum absolute atomic E-state index is 0.00752. The van der Waals surface area contributed by atoms with Crippen molar-refractivity contribution in [3.05, 3.63) is 58.3 Å². The smallest absolute Gasteiger partial charge is 0.322 e. The van der Waals surface area contributed by atoms with Gasteiger partial charge in [-0.25, -0.2) is 4.79 Å². The molecule has 1 N–H and O–H groups in total. The molecule has 2 amide bonds. The number of hydrogen-bond donors (Lipinski definition) is 1. The van der Waals surface area contributed by atoms with Crippen LogP contribution in [0.25, 0.3) is 5.57 Å². The average Bonchev–Trinajstić information content (AvgIpc) is 3.16. The molecule has 0 saturated heterocycles. The van der Waals surface area contributed by atoms with Gasteiger partial charge in [-0.05, 0) is 48.1 Å². The lowest BCUT2D eigenvalue weighted by Gasteiger charge is -2.26. The zero-order valence-corrected chi connectivity index (χ0v) is 14.8. The fourth-order valence-corrected chi connectivity index (χ4v) is 3.54. The highest BCUT2D eigenvalue weighted by Crippen LogP contribution is 2.26. The molecule has 2 aromatic rings. The third-order valence-corrected chi connectivity index (χ3v) is 5.24. The fourth-order valence-electron chi connectivity index (χ4n) is 2.75. The first-order valence-corrected chi connectivity index (χ1v) is 8.97. The van der Waals surface area contributed by atoms with E-state index in [9.17, 15) is 4.79 Å². The van der Waals surface area contributed by atoms with Crippen LogP contribution in [-0.4, -0.2) is 31.1 Å². The number of carbonyl (C=O) groups is 1. The number of nitrogens with zero attached hydrogens (tertiary/aromatic N) is 1. The Bertz CT molecular complexity index is 725. The second kappa shape index (κ2) is 7.64. The van der Waals surface area contributed by atoms with Crippen molar-refractivity contribution in [3.63, 3.8) is 0 Å². The second-order valence-electron chi connectivity index (χ2n) is 5.84. The summed E-state index contributed by atoms with van der Waals surface area (Å²) in [6.45, 7) is 3.37. The van der Waals surface area contributed by atoms with Gasteiger partial charge in [0.05, 0.1) is 6.10 Å². The summed E-state index contributed by atoms with van der Waals surface area (Å²) in [5.41, 5.74) is 3.19. The Labute approximate surface area is 146 Å². The number of nitrogens with one attached hydrogen (secondary N) is 1. The maximum absolute atomic E-state index is 12.5. The highest BCUT2D eigenvalue weighted by atomic mass is 32.1. The molecule has 0 unspecified atom stereocenters. The Morgan fingerprint density at radius 3 is 2.88 bits per heavy atom. The number of rotatable bonds is 4. The number of methoxy groups -OCH3 is 1. The van der Waals surface area contributed by atoms with Crippen molar-refractivity contribution in [1.82, 2.24) is 4.90 Å². The molecule has 24 heavy (non-hydrogen) atoms. The molecule has 126 valence electrons. The van der Waals surface area contributed by atoms with Crippen molar-refractivity contribution >= 4 is 28.6 Å². The van der Waals surface area contributed by atoms with E-state index in [4.69, 9.17) is 4.74 Å². The molecule has 4 nitrogen and oxygen atoms in total. The molecule has 1 aromatic heterocycles. The molecule has 0 bridgehead atoms. The number of amides is 2. The number of benzene rings is 1. The van der Waals surface area contributed by atoms with Crippen LogP contribution in [0.1, 0.15) is 29.9 Å². The van der Waals surface area contributed by atoms with Gasteiger partial charge in [0.25, 0.3) is 0 Å².